The minimum Gasteiger partial charge on any atom is -0.346 e. The summed E-state index contributed by atoms with van der Waals surface area (Å²) in [4.78, 5) is 16.0. The lowest BCUT2D eigenvalue weighted by Crippen LogP contribution is -2.31. The van der Waals surface area contributed by atoms with Crippen molar-refractivity contribution in [3.05, 3.63) is 33.5 Å². The first kappa shape index (κ1) is 16.7. The van der Waals surface area contributed by atoms with Gasteiger partial charge in [0.1, 0.15) is 5.82 Å². The van der Waals surface area contributed by atoms with Gasteiger partial charge in [-0.3, -0.25) is 9.69 Å². The van der Waals surface area contributed by atoms with Crippen LogP contribution in [-0.4, -0.2) is 38.7 Å². The predicted molar refractivity (Wildman–Crippen MR) is 97.3 cm³/mol. The first-order valence-corrected chi connectivity index (χ1v) is 9.97. The van der Waals surface area contributed by atoms with Gasteiger partial charge in [0.2, 0.25) is 5.91 Å². The average Bonchev–Trinajstić information content (AvgIpc) is 3.30. The monoisotopic (exact) mass is 359 g/mol. The van der Waals surface area contributed by atoms with Crippen molar-refractivity contribution in [1.82, 2.24) is 25.0 Å². The van der Waals surface area contributed by atoms with Gasteiger partial charge in [0, 0.05) is 43.4 Å². The molecule has 1 aliphatic carbocycles. The van der Waals surface area contributed by atoms with E-state index in [0.717, 1.165) is 57.1 Å². The maximum atomic E-state index is 12.0. The molecule has 0 saturated heterocycles. The molecule has 1 fully saturated rings. The van der Waals surface area contributed by atoms with Crippen LogP contribution < -0.4 is 5.32 Å². The van der Waals surface area contributed by atoms with E-state index in [-0.39, 0.29) is 17.9 Å². The molecule has 1 N–H and O–H groups in total. The molecule has 1 unspecified atom stereocenters. The third kappa shape index (κ3) is 3.62. The normalized spacial score (nSPS) is 19.3. The largest absolute Gasteiger partial charge is 0.346 e. The van der Waals surface area contributed by atoms with Crippen LogP contribution in [0.3, 0.4) is 0 Å². The number of rotatable bonds is 5. The van der Waals surface area contributed by atoms with E-state index in [9.17, 15) is 4.79 Å². The second kappa shape index (κ2) is 6.88. The number of hydrogen-bond acceptors (Lipinski definition) is 5. The maximum Gasteiger partial charge on any atom is 0.223 e. The number of aromatic nitrogens is 3. The summed E-state index contributed by atoms with van der Waals surface area (Å²) in [5.41, 5.74) is 1.38. The van der Waals surface area contributed by atoms with Crippen molar-refractivity contribution in [2.75, 3.05) is 13.1 Å². The van der Waals surface area contributed by atoms with Gasteiger partial charge in [0.05, 0.1) is 6.04 Å². The highest BCUT2D eigenvalue weighted by molar-refractivity contribution is 7.10. The number of carbonyl (C=O) groups excluding carboxylic acids is 1. The molecule has 1 saturated carbocycles. The fourth-order valence-corrected chi connectivity index (χ4v) is 4.33. The van der Waals surface area contributed by atoms with E-state index in [2.05, 4.69) is 43.4 Å². The Morgan fingerprint density at radius 3 is 2.92 bits per heavy atom. The third-order valence-corrected chi connectivity index (χ3v) is 6.18. The summed E-state index contributed by atoms with van der Waals surface area (Å²) < 4.78 is 2.21. The highest BCUT2D eigenvalue weighted by Gasteiger charge is 2.31. The summed E-state index contributed by atoms with van der Waals surface area (Å²) in [5, 5.41) is 14.0. The Bertz CT molecular complexity index is 763. The molecule has 2 aromatic rings. The smallest absolute Gasteiger partial charge is 0.223 e. The van der Waals surface area contributed by atoms with Gasteiger partial charge in [-0.2, -0.15) is 0 Å². The Kier molecular flexibility index (Phi) is 4.60. The standard InChI is InChI=1S/C18H25N5OS/c1-12-6-10-25-15(12)11-22-7-5-16-20-21-17(23(16)9-8-22)13(2)19-18(24)14-3-4-14/h6,10,13-14H,3-5,7-9,11H2,1-2H3,(H,19,24). The summed E-state index contributed by atoms with van der Waals surface area (Å²) in [5.74, 6) is 2.30. The molecule has 7 heteroatoms. The Hall–Kier alpha value is -1.73. The molecule has 0 radical (unpaired) electrons. The van der Waals surface area contributed by atoms with Crippen LogP contribution in [0.5, 0.6) is 0 Å². The summed E-state index contributed by atoms with van der Waals surface area (Å²) >= 11 is 1.84. The third-order valence-electron chi connectivity index (χ3n) is 5.18. The van der Waals surface area contributed by atoms with Crippen LogP contribution in [0.15, 0.2) is 11.4 Å². The molecule has 3 heterocycles. The van der Waals surface area contributed by atoms with Gasteiger partial charge in [0.15, 0.2) is 5.82 Å². The van der Waals surface area contributed by atoms with Gasteiger partial charge in [-0.1, -0.05) is 0 Å². The molecule has 6 nitrogen and oxygen atoms in total. The van der Waals surface area contributed by atoms with E-state index < -0.39 is 0 Å². The number of amides is 1. The van der Waals surface area contributed by atoms with Crippen LogP contribution in [0.2, 0.25) is 0 Å². The zero-order chi connectivity index (χ0) is 17.4. The zero-order valence-electron chi connectivity index (χ0n) is 14.9. The van der Waals surface area contributed by atoms with Crippen molar-refractivity contribution in [1.29, 1.82) is 0 Å². The van der Waals surface area contributed by atoms with E-state index >= 15 is 0 Å². The fraction of sp³-hybridized carbons (Fsp3) is 0.611. The first-order valence-electron chi connectivity index (χ1n) is 9.09. The molecule has 0 bridgehead atoms. The van der Waals surface area contributed by atoms with Crippen LogP contribution in [0.25, 0.3) is 0 Å². The highest BCUT2D eigenvalue weighted by atomic mass is 32.1. The molecule has 1 atom stereocenters. The lowest BCUT2D eigenvalue weighted by Gasteiger charge is -2.20. The Balaban J connectivity index is 1.42. The summed E-state index contributed by atoms with van der Waals surface area (Å²) in [6.07, 6.45) is 2.95. The molecule has 0 spiro atoms. The van der Waals surface area contributed by atoms with E-state index in [4.69, 9.17) is 0 Å². The van der Waals surface area contributed by atoms with Gasteiger partial charge >= 0.3 is 0 Å². The number of thiophene rings is 1. The minimum atomic E-state index is -0.0829. The Morgan fingerprint density at radius 1 is 1.36 bits per heavy atom. The van der Waals surface area contributed by atoms with Crippen molar-refractivity contribution >= 4 is 17.2 Å². The van der Waals surface area contributed by atoms with Gasteiger partial charge in [-0.05, 0) is 43.7 Å². The average molecular weight is 359 g/mol. The van der Waals surface area contributed by atoms with Crippen molar-refractivity contribution in [2.45, 2.75) is 52.2 Å². The molecule has 0 aromatic carbocycles. The van der Waals surface area contributed by atoms with Gasteiger partial charge in [-0.15, -0.1) is 21.5 Å². The van der Waals surface area contributed by atoms with Crippen LogP contribution in [0, 0.1) is 12.8 Å². The highest BCUT2D eigenvalue weighted by Crippen LogP contribution is 2.29. The van der Waals surface area contributed by atoms with Crippen molar-refractivity contribution < 1.29 is 4.79 Å². The topological polar surface area (TPSA) is 63.1 Å². The Morgan fingerprint density at radius 2 is 2.20 bits per heavy atom. The minimum absolute atomic E-state index is 0.0829. The quantitative estimate of drug-likeness (QED) is 0.890. The molecule has 25 heavy (non-hydrogen) atoms. The fourth-order valence-electron chi connectivity index (χ4n) is 3.38. The summed E-state index contributed by atoms with van der Waals surface area (Å²) in [6, 6.07) is 2.11. The Labute approximate surface area is 152 Å². The van der Waals surface area contributed by atoms with E-state index in [1.165, 1.54) is 10.4 Å². The van der Waals surface area contributed by atoms with Crippen LogP contribution in [0.1, 0.15) is 47.9 Å². The molecular formula is C18H25N5OS. The maximum absolute atomic E-state index is 12.0. The predicted octanol–water partition coefficient (Wildman–Crippen LogP) is 2.29. The van der Waals surface area contributed by atoms with Crippen molar-refractivity contribution in [3.8, 4) is 0 Å². The SMILES string of the molecule is Cc1ccsc1CN1CCc2nnc(C(C)NC(=O)C3CC3)n2CC1. The second-order valence-electron chi connectivity index (χ2n) is 7.18. The van der Waals surface area contributed by atoms with Gasteiger partial charge in [0.25, 0.3) is 0 Å². The lowest BCUT2D eigenvalue weighted by molar-refractivity contribution is -0.123. The first-order chi connectivity index (χ1) is 12.1. The zero-order valence-corrected chi connectivity index (χ0v) is 15.7. The molecule has 134 valence electrons. The molecule has 1 aliphatic heterocycles. The molecular weight excluding hydrogens is 334 g/mol. The van der Waals surface area contributed by atoms with Gasteiger partial charge < -0.3 is 9.88 Å². The van der Waals surface area contributed by atoms with Crippen LogP contribution in [-0.2, 0) is 24.3 Å². The van der Waals surface area contributed by atoms with E-state index in [1.807, 2.05) is 18.3 Å². The van der Waals surface area contributed by atoms with E-state index in [1.54, 1.807) is 0 Å². The molecule has 4 rings (SSSR count). The summed E-state index contributed by atoms with van der Waals surface area (Å²) in [6.45, 7) is 8.06. The van der Waals surface area contributed by atoms with Crippen LogP contribution in [0.4, 0.5) is 0 Å². The van der Waals surface area contributed by atoms with E-state index in [0.29, 0.717) is 0 Å². The number of nitrogens with one attached hydrogen (secondary N) is 1. The number of aryl methyl sites for hydroxylation is 1. The van der Waals surface area contributed by atoms with Crippen molar-refractivity contribution in [2.24, 2.45) is 5.92 Å². The van der Waals surface area contributed by atoms with Gasteiger partial charge in [-0.25, -0.2) is 0 Å². The molecule has 2 aromatic heterocycles. The number of fused-ring (bicyclic) bond motifs is 1. The lowest BCUT2D eigenvalue weighted by atomic mass is 10.2. The second-order valence-corrected chi connectivity index (χ2v) is 8.18. The number of carbonyl (C=O) groups is 1. The number of hydrogen-bond donors (Lipinski definition) is 1. The molecule has 2 aliphatic rings. The molecule has 1 amide bonds. The van der Waals surface area contributed by atoms with Crippen LogP contribution >= 0.6 is 11.3 Å². The number of nitrogens with zero attached hydrogens (tertiary/aromatic N) is 4. The summed E-state index contributed by atoms with van der Waals surface area (Å²) in [7, 11) is 0. The van der Waals surface area contributed by atoms with Crippen molar-refractivity contribution in [3.63, 3.8) is 0 Å².